The third-order valence-corrected chi connectivity index (χ3v) is 4.61. The average molecular weight is 363 g/mol. The summed E-state index contributed by atoms with van der Waals surface area (Å²) >= 11 is 0. The van der Waals surface area contributed by atoms with Crippen molar-refractivity contribution in [2.24, 2.45) is 5.92 Å². The quantitative estimate of drug-likeness (QED) is 0.867. The van der Waals surface area contributed by atoms with Crippen molar-refractivity contribution < 1.29 is 18.0 Å². The second-order valence-corrected chi connectivity index (χ2v) is 6.50. The molecule has 1 aliphatic heterocycles. The van der Waals surface area contributed by atoms with Crippen LogP contribution in [0.5, 0.6) is 0 Å². The molecule has 1 aromatic heterocycles. The summed E-state index contributed by atoms with van der Waals surface area (Å²) in [6.45, 7) is 1.27. The number of hydrogen-bond acceptors (Lipinski definition) is 2. The van der Waals surface area contributed by atoms with Crippen LogP contribution in [0.2, 0.25) is 0 Å². The number of carbonyl (C=O) groups is 1. The highest BCUT2D eigenvalue weighted by molar-refractivity contribution is 5.89. The van der Waals surface area contributed by atoms with Crippen LogP contribution in [0.25, 0.3) is 0 Å². The summed E-state index contributed by atoms with van der Waals surface area (Å²) in [6, 6.07) is 8.18. The predicted molar refractivity (Wildman–Crippen MR) is 92.7 cm³/mol. The van der Waals surface area contributed by atoms with Crippen molar-refractivity contribution in [1.82, 2.24) is 9.88 Å². The minimum atomic E-state index is -4.38. The maximum Gasteiger partial charge on any atom is 0.416 e. The van der Waals surface area contributed by atoms with Crippen LogP contribution in [-0.4, -0.2) is 29.0 Å². The van der Waals surface area contributed by atoms with Gasteiger partial charge in [-0.05, 0) is 61.1 Å². The first kappa shape index (κ1) is 18.2. The van der Waals surface area contributed by atoms with E-state index in [1.165, 1.54) is 17.7 Å². The molecule has 1 N–H and O–H groups in total. The van der Waals surface area contributed by atoms with Crippen LogP contribution >= 0.6 is 0 Å². The van der Waals surface area contributed by atoms with Gasteiger partial charge >= 0.3 is 12.2 Å². The first-order chi connectivity index (χ1) is 12.4. The number of amides is 2. The first-order valence-corrected chi connectivity index (χ1v) is 8.54. The Balaban J connectivity index is 1.49. The number of halogens is 3. The highest BCUT2D eigenvalue weighted by Gasteiger charge is 2.30. The zero-order valence-corrected chi connectivity index (χ0v) is 14.2. The van der Waals surface area contributed by atoms with E-state index in [1.54, 1.807) is 11.1 Å². The molecule has 0 atom stereocenters. The van der Waals surface area contributed by atoms with Gasteiger partial charge in [-0.3, -0.25) is 4.98 Å². The summed E-state index contributed by atoms with van der Waals surface area (Å²) in [5.41, 5.74) is 0.826. The minimum absolute atomic E-state index is 0.274. The molecule has 0 aliphatic carbocycles. The van der Waals surface area contributed by atoms with Gasteiger partial charge in [0.2, 0.25) is 0 Å². The van der Waals surface area contributed by atoms with E-state index in [9.17, 15) is 18.0 Å². The molecule has 3 rings (SSSR count). The Morgan fingerprint density at radius 2 is 1.85 bits per heavy atom. The van der Waals surface area contributed by atoms with Gasteiger partial charge in [0.1, 0.15) is 0 Å². The molecule has 0 radical (unpaired) electrons. The van der Waals surface area contributed by atoms with Gasteiger partial charge in [-0.1, -0.05) is 6.07 Å². The lowest BCUT2D eigenvalue weighted by atomic mass is 9.91. The predicted octanol–water partition coefficient (Wildman–Crippen LogP) is 4.59. The maximum atomic E-state index is 12.6. The number of pyridine rings is 1. The van der Waals surface area contributed by atoms with Gasteiger partial charge in [-0.25, -0.2) is 4.79 Å². The maximum absolute atomic E-state index is 12.6. The van der Waals surface area contributed by atoms with Gasteiger partial charge in [-0.15, -0.1) is 0 Å². The number of aromatic nitrogens is 1. The fourth-order valence-electron chi connectivity index (χ4n) is 3.14. The van der Waals surface area contributed by atoms with E-state index in [1.807, 2.05) is 12.3 Å². The zero-order chi connectivity index (χ0) is 18.6. The second kappa shape index (κ2) is 7.76. The lowest BCUT2D eigenvalue weighted by Crippen LogP contribution is -2.41. The van der Waals surface area contributed by atoms with E-state index in [0.29, 0.717) is 24.7 Å². The van der Waals surface area contributed by atoms with Crippen LogP contribution in [0.4, 0.5) is 23.7 Å². The molecule has 2 heterocycles. The molecule has 0 spiro atoms. The van der Waals surface area contributed by atoms with E-state index >= 15 is 0 Å². The summed E-state index contributed by atoms with van der Waals surface area (Å²) in [5.74, 6) is 0.509. The normalized spacial score (nSPS) is 15.7. The second-order valence-electron chi connectivity index (χ2n) is 6.50. The Labute approximate surface area is 150 Å². The highest BCUT2D eigenvalue weighted by Crippen LogP contribution is 2.30. The Morgan fingerprint density at radius 3 is 2.42 bits per heavy atom. The number of piperidine rings is 1. The van der Waals surface area contributed by atoms with Crippen LogP contribution in [-0.2, 0) is 12.6 Å². The summed E-state index contributed by atoms with van der Waals surface area (Å²) in [6.07, 6.45) is 1.98. The van der Waals surface area contributed by atoms with Crippen LogP contribution in [0.1, 0.15) is 24.0 Å². The number of nitrogens with zero attached hydrogens (tertiary/aromatic N) is 2. The topological polar surface area (TPSA) is 45.2 Å². The Hall–Kier alpha value is -2.57. The van der Waals surface area contributed by atoms with Crippen molar-refractivity contribution in [2.75, 3.05) is 18.4 Å². The van der Waals surface area contributed by atoms with Crippen LogP contribution in [0.3, 0.4) is 0 Å². The number of nitrogens with one attached hydrogen (secondary N) is 1. The molecule has 1 saturated heterocycles. The largest absolute Gasteiger partial charge is 0.416 e. The fraction of sp³-hybridized carbons (Fsp3) is 0.368. The van der Waals surface area contributed by atoms with E-state index in [0.717, 1.165) is 31.4 Å². The van der Waals surface area contributed by atoms with E-state index in [-0.39, 0.29) is 6.03 Å². The Bertz CT molecular complexity index is 724. The van der Waals surface area contributed by atoms with E-state index < -0.39 is 11.7 Å². The highest BCUT2D eigenvalue weighted by atomic mass is 19.4. The Morgan fingerprint density at radius 1 is 1.15 bits per heavy atom. The van der Waals surface area contributed by atoms with Gasteiger partial charge in [-0.2, -0.15) is 13.2 Å². The number of rotatable bonds is 3. The summed E-state index contributed by atoms with van der Waals surface area (Å²) in [7, 11) is 0. The summed E-state index contributed by atoms with van der Waals surface area (Å²) in [5, 5.41) is 2.66. The van der Waals surface area contributed by atoms with Crippen molar-refractivity contribution in [3.63, 3.8) is 0 Å². The minimum Gasteiger partial charge on any atom is -0.325 e. The van der Waals surface area contributed by atoms with Crippen molar-refractivity contribution >= 4 is 11.7 Å². The SMILES string of the molecule is O=C(Nc1ccc(C(F)(F)F)cc1)N1CCC(Cc2cccnc2)CC1. The standard InChI is InChI=1S/C19H20F3N3O/c20-19(21,22)16-3-5-17(6-4-16)24-18(26)25-10-7-14(8-11-25)12-15-2-1-9-23-13-15/h1-6,9,13-14H,7-8,10-12H2,(H,24,26). The molecule has 1 fully saturated rings. The van der Waals surface area contributed by atoms with Gasteiger partial charge in [0, 0.05) is 31.2 Å². The molecule has 0 unspecified atom stereocenters. The summed E-state index contributed by atoms with van der Waals surface area (Å²) < 4.78 is 37.7. The van der Waals surface area contributed by atoms with Crippen molar-refractivity contribution in [2.45, 2.75) is 25.4 Å². The van der Waals surface area contributed by atoms with Gasteiger partial charge in [0.15, 0.2) is 0 Å². The number of benzene rings is 1. The van der Waals surface area contributed by atoms with Crippen LogP contribution < -0.4 is 5.32 Å². The van der Waals surface area contributed by atoms with Crippen molar-refractivity contribution in [3.05, 3.63) is 59.9 Å². The van der Waals surface area contributed by atoms with Gasteiger partial charge in [0.05, 0.1) is 5.56 Å². The molecule has 4 nitrogen and oxygen atoms in total. The molecule has 26 heavy (non-hydrogen) atoms. The molecular formula is C19H20F3N3O. The van der Waals surface area contributed by atoms with Crippen molar-refractivity contribution in [3.8, 4) is 0 Å². The fourth-order valence-corrected chi connectivity index (χ4v) is 3.14. The number of urea groups is 1. The molecular weight excluding hydrogens is 343 g/mol. The van der Waals surface area contributed by atoms with E-state index in [4.69, 9.17) is 0 Å². The average Bonchev–Trinajstić information content (AvgIpc) is 2.63. The van der Waals surface area contributed by atoms with Gasteiger partial charge < -0.3 is 10.2 Å². The third kappa shape index (κ3) is 4.74. The first-order valence-electron chi connectivity index (χ1n) is 8.54. The number of likely N-dealkylation sites (tertiary alicyclic amines) is 1. The van der Waals surface area contributed by atoms with Crippen molar-refractivity contribution in [1.29, 1.82) is 0 Å². The lowest BCUT2D eigenvalue weighted by molar-refractivity contribution is -0.137. The molecule has 0 bridgehead atoms. The number of hydrogen-bond donors (Lipinski definition) is 1. The zero-order valence-electron chi connectivity index (χ0n) is 14.2. The molecule has 7 heteroatoms. The summed E-state index contributed by atoms with van der Waals surface area (Å²) in [4.78, 5) is 18.1. The number of anilines is 1. The molecule has 1 aromatic carbocycles. The monoisotopic (exact) mass is 363 g/mol. The number of alkyl halides is 3. The lowest BCUT2D eigenvalue weighted by Gasteiger charge is -2.32. The Kier molecular flexibility index (Phi) is 5.44. The molecule has 2 amide bonds. The van der Waals surface area contributed by atoms with Crippen LogP contribution in [0, 0.1) is 5.92 Å². The molecule has 138 valence electrons. The molecule has 2 aromatic rings. The van der Waals surface area contributed by atoms with E-state index in [2.05, 4.69) is 16.4 Å². The van der Waals surface area contributed by atoms with Gasteiger partial charge in [0.25, 0.3) is 0 Å². The smallest absolute Gasteiger partial charge is 0.325 e. The third-order valence-electron chi connectivity index (χ3n) is 4.61. The molecule has 0 saturated carbocycles. The molecule has 1 aliphatic rings. The number of carbonyl (C=O) groups excluding carboxylic acids is 1. The van der Waals surface area contributed by atoms with Crippen LogP contribution in [0.15, 0.2) is 48.8 Å².